The van der Waals surface area contributed by atoms with Crippen molar-refractivity contribution in [1.82, 2.24) is 20.1 Å². The number of piperazine rings is 1. The molecule has 0 aliphatic carbocycles. The van der Waals surface area contributed by atoms with Gasteiger partial charge in [0.15, 0.2) is 28.5 Å². The van der Waals surface area contributed by atoms with E-state index in [-0.39, 0.29) is 30.9 Å². The maximum atomic E-state index is 14.9. The van der Waals surface area contributed by atoms with Crippen LogP contribution in [0, 0.1) is 13.8 Å². The Morgan fingerprint density at radius 3 is 2.62 bits per heavy atom. The van der Waals surface area contributed by atoms with E-state index in [1.165, 1.54) is 18.7 Å². The fraction of sp³-hybridized carbons (Fsp3) is 0.463. The summed E-state index contributed by atoms with van der Waals surface area (Å²) in [5.74, 6) is 1.73. The van der Waals surface area contributed by atoms with Crippen LogP contribution in [0.1, 0.15) is 68.9 Å². The first kappa shape index (κ1) is 35.7. The van der Waals surface area contributed by atoms with Crippen molar-refractivity contribution in [2.24, 2.45) is 0 Å². The molecule has 14 nitrogen and oxygen atoms in total. The number of esters is 2. The van der Waals surface area contributed by atoms with E-state index in [1.807, 2.05) is 50.1 Å². The van der Waals surface area contributed by atoms with Crippen LogP contribution in [-0.4, -0.2) is 102 Å². The summed E-state index contributed by atoms with van der Waals surface area (Å²) >= 11 is 1.53. The number of phenolic OH excluding ortho intramolecular Hbond substituents is 1. The lowest BCUT2D eigenvalue weighted by Gasteiger charge is -2.62. The minimum absolute atomic E-state index is 0.0439. The number of nitrogens with one attached hydrogen (secondary N) is 2. The first-order chi connectivity index (χ1) is 27.0. The number of ether oxygens (including phenoxy) is 6. The zero-order chi connectivity index (χ0) is 38.9. The van der Waals surface area contributed by atoms with Crippen molar-refractivity contribution in [2.45, 2.75) is 74.8 Å². The highest BCUT2D eigenvalue weighted by Crippen LogP contribution is 2.64. The second-order valence-electron chi connectivity index (χ2n) is 15.6. The summed E-state index contributed by atoms with van der Waals surface area (Å²) in [6.45, 7) is 5.46. The number of aliphatic hydroxyl groups excluding tert-OH is 1. The molecule has 2 fully saturated rings. The minimum atomic E-state index is -1.28. The van der Waals surface area contributed by atoms with Crippen LogP contribution >= 0.6 is 11.8 Å². The number of hydrogen-bond donors (Lipinski definition) is 4. The third-order valence-electron chi connectivity index (χ3n) is 12.9. The van der Waals surface area contributed by atoms with Gasteiger partial charge in [-0.25, -0.2) is 4.79 Å². The molecule has 4 aromatic rings. The van der Waals surface area contributed by atoms with Crippen molar-refractivity contribution < 1.29 is 48.2 Å². The van der Waals surface area contributed by atoms with Gasteiger partial charge in [-0.15, -0.1) is 11.8 Å². The van der Waals surface area contributed by atoms with E-state index in [0.29, 0.717) is 59.1 Å². The smallest absolute Gasteiger partial charge is 0.333 e. The summed E-state index contributed by atoms with van der Waals surface area (Å²) in [5.41, 5.74) is 5.79. The van der Waals surface area contributed by atoms with Crippen molar-refractivity contribution >= 4 is 34.6 Å². The fourth-order valence-electron chi connectivity index (χ4n) is 10.6. The average molecular weight is 785 g/mol. The Kier molecular flexibility index (Phi) is 8.08. The van der Waals surface area contributed by atoms with Crippen LogP contribution in [0.25, 0.3) is 10.9 Å². The monoisotopic (exact) mass is 784 g/mol. The number of methoxy groups -OCH3 is 2. The molecule has 7 aliphatic heterocycles. The van der Waals surface area contributed by atoms with Crippen LogP contribution in [0.5, 0.6) is 34.5 Å². The molecular weight excluding hydrogens is 741 g/mol. The number of phenols is 1. The number of aryl methyl sites for hydroxylation is 1. The largest absolute Gasteiger partial charge is 0.504 e. The molecule has 0 radical (unpaired) electrons. The van der Waals surface area contributed by atoms with Gasteiger partial charge in [-0.1, -0.05) is 6.07 Å². The van der Waals surface area contributed by atoms with Gasteiger partial charge in [-0.05, 0) is 68.6 Å². The highest BCUT2D eigenvalue weighted by Gasteiger charge is 2.61. The number of hydrogen-bond acceptors (Lipinski definition) is 14. The molecule has 15 heteroatoms. The van der Waals surface area contributed by atoms with Gasteiger partial charge in [-0.2, -0.15) is 0 Å². The standard InChI is InChI=1S/C41H44N4O10S/c1-17-11-20-12-25-39(48)45-26-14-52-40(49)41(38-22(9-10-42-41)23-13-21(50-5)7-8-24(23)43-38)15-56-37(31(45)30(44(25)4)27(20)32(47)33(17)51-6)29-28(26)36-35(53-16-54-36)18(2)34(29)55-19(3)46/h7-8,11,13,25-26,30-31,37,39,42-43,47-48H,9-10,12,14-16H2,1-6H3/t25-,26-,30+,31-,37+,39-,41+/m0/s1. The number of likely N-dealkylation sites (N-methyl/N-ethyl adjacent to an activating group) is 1. The number of aromatic amines is 1. The van der Waals surface area contributed by atoms with Crippen LogP contribution < -0.4 is 29.0 Å². The van der Waals surface area contributed by atoms with E-state index in [1.54, 1.807) is 14.2 Å². The molecule has 4 N–H and O–H groups in total. The summed E-state index contributed by atoms with van der Waals surface area (Å²) in [6, 6.07) is 5.77. The normalized spacial score (nSPS) is 28.9. The number of fused-ring (bicyclic) bond motifs is 11. The van der Waals surface area contributed by atoms with Crippen molar-refractivity contribution in [2.75, 3.05) is 47.0 Å². The van der Waals surface area contributed by atoms with Gasteiger partial charge in [-0.3, -0.25) is 19.9 Å². The molecule has 7 atom stereocenters. The average Bonchev–Trinajstić information content (AvgIpc) is 3.82. The number of carbonyl (C=O) groups is 2. The van der Waals surface area contributed by atoms with Gasteiger partial charge >= 0.3 is 11.9 Å². The predicted molar refractivity (Wildman–Crippen MR) is 205 cm³/mol. The summed E-state index contributed by atoms with van der Waals surface area (Å²) in [5, 5.41) is 28.7. The van der Waals surface area contributed by atoms with Gasteiger partial charge in [0.25, 0.3) is 0 Å². The number of aliphatic hydroxyl groups is 1. The first-order valence-corrected chi connectivity index (χ1v) is 20.0. The predicted octanol–water partition coefficient (Wildman–Crippen LogP) is 4.19. The molecule has 0 saturated carbocycles. The Bertz CT molecular complexity index is 2360. The molecule has 1 spiro atoms. The molecule has 7 aliphatic rings. The zero-order valence-electron chi connectivity index (χ0n) is 32.0. The number of benzene rings is 3. The first-order valence-electron chi connectivity index (χ1n) is 18.9. The highest BCUT2D eigenvalue weighted by molar-refractivity contribution is 7.99. The van der Waals surface area contributed by atoms with E-state index in [4.69, 9.17) is 28.4 Å². The summed E-state index contributed by atoms with van der Waals surface area (Å²) < 4.78 is 36.2. The molecule has 0 amide bonds. The number of rotatable bonds is 3. The van der Waals surface area contributed by atoms with Gasteiger partial charge < -0.3 is 43.6 Å². The molecule has 11 rings (SSSR count). The Morgan fingerprint density at radius 1 is 1.05 bits per heavy atom. The number of carbonyl (C=O) groups excluding carboxylic acids is 2. The third-order valence-corrected chi connectivity index (χ3v) is 14.4. The van der Waals surface area contributed by atoms with Gasteiger partial charge in [0.1, 0.15) is 24.3 Å². The molecule has 3 aromatic carbocycles. The number of H-pyrrole nitrogens is 1. The van der Waals surface area contributed by atoms with E-state index in [9.17, 15) is 19.8 Å². The van der Waals surface area contributed by atoms with Gasteiger partial charge in [0.05, 0.1) is 43.3 Å². The van der Waals surface area contributed by atoms with E-state index < -0.39 is 47.1 Å². The second-order valence-corrected chi connectivity index (χ2v) is 16.8. The second kappa shape index (κ2) is 12.7. The maximum absolute atomic E-state index is 14.9. The maximum Gasteiger partial charge on any atom is 0.333 e. The Balaban J connectivity index is 1.23. The lowest BCUT2D eigenvalue weighted by molar-refractivity contribution is -0.186. The topological polar surface area (TPSA) is 164 Å². The number of nitrogens with zero attached hydrogens (tertiary/aromatic N) is 2. The minimum Gasteiger partial charge on any atom is -0.504 e. The molecular formula is C41H44N4O10S. The molecule has 2 saturated heterocycles. The van der Waals surface area contributed by atoms with Crippen LogP contribution in [0.3, 0.4) is 0 Å². The van der Waals surface area contributed by atoms with Gasteiger partial charge in [0.2, 0.25) is 6.79 Å². The molecule has 1 aromatic heterocycles. The van der Waals surface area contributed by atoms with Crippen LogP contribution in [-0.2, 0) is 32.7 Å². The van der Waals surface area contributed by atoms with E-state index in [0.717, 1.165) is 44.6 Å². The Morgan fingerprint density at radius 2 is 1.86 bits per heavy atom. The molecule has 8 heterocycles. The molecule has 56 heavy (non-hydrogen) atoms. The Labute approximate surface area is 327 Å². The summed E-state index contributed by atoms with van der Waals surface area (Å²) in [7, 11) is 5.17. The van der Waals surface area contributed by atoms with Gasteiger partial charge in [0, 0.05) is 58.4 Å². The number of thioether (sulfide) groups is 1. The van der Waals surface area contributed by atoms with Crippen LogP contribution in [0.2, 0.25) is 0 Å². The summed E-state index contributed by atoms with van der Waals surface area (Å²) in [6.07, 6.45) is 0.129. The lowest BCUT2D eigenvalue weighted by Crippen LogP contribution is -2.70. The van der Waals surface area contributed by atoms with E-state index >= 15 is 0 Å². The molecule has 0 unspecified atom stereocenters. The Hall–Kier alpha value is -4.67. The SMILES string of the molecule is COc1ccc2[nH]c3c(c2c1)CCN[C@]31CS[C@@H]2c3c(OC(C)=O)c(C)c4c(c3[C@H](COC1=O)N1[C@H]2[C@H]2c3c(cc(C)c(OC)c3O)C[C@@H]([C@@H]1O)N2C)OCO4. The number of aromatic hydroxyl groups is 1. The van der Waals surface area contributed by atoms with Crippen molar-refractivity contribution in [1.29, 1.82) is 0 Å². The van der Waals surface area contributed by atoms with Crippen LogP contribution in [0.15, 0.2) is 24.3 Å². The lowest BCUT2D eigenvalue weighted by atomic mass is 9.73. The van der Waals surface area contributed by atoms with E-state index in [2.05, 4.69) is 15.2 Å². The summed E-state index contributed by atoms with van der Waals surface area (Å²) in [4.78, 5) is 35.6. The van der Waals surface area contributed by atoms with Crippen LogP contribution in [0.4, 0.5) is 0 Å². The highest BCUT2D eigenvalue weighted by atomic mass is 32.2. The van der Waals surface area contributed by atoms with Crippen molar-refractivity contribution in [3.8, 4) is 34.5 Å². The molecule has 294 valence electrons. The fourth-order valence-corrected chi connectivity index (χ4v) is 12.2. The number of aromatic nitrogens is 1. The van der Waals surface area contributed by atoms with Crippen molar-refractivity contribution in [3.63, 3.8) is 0 Å². The third kappa shape index (κ3) is 4.71. The zero-order valence-corrected chi connectivity index (χ0v) is 32.8. The quantitative estimate of drug-likeness (QED) is 0.173. The molecule has 4 bridgehead atoms. The van der Waals surface area contributed by atoms with Crippen molar-refractivity contribution in [3.05, 3.63) is 68.9 Å².